The van der Waals surface area contributed by atoms with E-state index in [4.69, 9.17) is 41.9 Å². The molecule has 0 aliphatic heterocycles. The minimum absolute atomic E-state index is 0.153. The highest BCUT2D eigenvalue weighted by atomic mass is 32.1. The molecule has 12 aromatic rings. The first kappa shape index (κ1) is 92.7. The zero-order chi connectivity index (χ0) is 89.5. The fourth-order valence-corrected chi connectivity index (χ4v) is 13.9. The molecule has 6 aromatic carbocycles. The average molecular weight is 1690 g/mol. The van der Waals surface area contributed by atoms with Crippen LogP contribution in [-0.4, -0.2) is 139 Å². The number of nitrogens with one attached hydrogen (secondary N) is 4. The summed E-state index contributed by atoms with van der Waals surface area (Å²) in [5, 5.41) is 20.6. The molecule has 12 rings (SSSR count). The number of methoxy groups -OCH3 is 4. The van der Waals surface area contributed by atoms with Crippen LogP contribution in [-0.2, 0) is 63.8 Å². The van der Waals surface area contributed by atoms with Crippen molar-refractivity contribution in [3.8, 4) is 27.8 Å². The lowest BCUT2D eigenvalue weighted by Crippen LogP contribution is -2.43. The molecular weight excluding hydrogens is 1590 g/mol. The summed E-state index contributed by atoms with van der Waals surface area (Å²) in [5.41, 5.74) is 35.3. The summed E-state index contributed by atoms with van der Waals surface area (Å²) >= 11 is 1.27. The first-order valence-electron chi connectivity index (χ1n) is 39.4. The Kier molecular flexibility index (Phi) is 33.9. The SMILES string of the molecule is C=C(N)c1cccc(CC(C(=O)OC)C(C)NC(=O)c2ccc(-n3cccc3)cc2)c1.C=C(N)c1cccc(CC(C(=O)OC)C(C)NC(=O)c2ccc(-n3cccc3)nc2)c1.C=C(N)c1cccc(CC(C(=O)OC)C(C)NC(=O)c2cnc(-c3cccnc3)s2)c1.C=C(N)c1cccc(CC(C(=O)OC)C(C)NC(=O)c2cnn(-c3ccccc3)n2)c1. The van der Waals surface area contributed by atoms with Crippen molar-refractivity contribution in [2.45, 2.75) is 77.5 Å². The second kappa shape index (κ2) is 45.3. The lowest BCUT2D eigenvalue weighted by Gasteiger charge is -2.23. The number of rotatable bonds is 32. The molecular formula is C95H102N16O12S. The minimum atomic E-state index is -0.598. The molecule has 0 aliphatic carbocycles. The monoisotopic (exact) mass is 1690 g/mol. The van der Waals surface area contributed by atoms with Crippen LogP contribution in [0.3, 0.4) is 0 Å². The Morgan fingerprint density at radius 3 is 1.17 bits per heavy atom. The van der Waals surface area contributed by atoms with Gasteiger partial charge in [-0.05, 0) is 207 Å². The smallest absolute Gasteiger partial charge is 0.311 e. The first-order valence-corrected chi connectivity index (χ1v) is 40.2. The van der Waals surface area contributed by atoms with Gasteiger partial charge in [0.2, 0.25) is 0 Å². The van der Waals surface area contributed by atoms with E-state index in [-0.39, 0.29) is 29.4 Å². The normalized spacial score (nSPS) is 12.6. The number of nitrogens with zero attached hydrogens (tertiary/aromatic N) is 8. The second-order valence-electron chi connectivity index (χ2n) is 29.0. The van der Waals surface area contributed by atoms with Gasteiger partial charge in [-0.1, -0.05) is 117 Å². The summed E-state index contributed by atoms with van der Waals surface area (Å²) < 4.78 is 23.7. The number of ether oxygens (including phenoxy) is 4. The van der Waals surface area contributed by atoms with E-state index < -0.39 is 71.7 Å². The standard InChI is InChI=1S/C25H27N3O3.C24H26N4O3.C23H25N5O3.C23H24N4O3S/c1-17(26)21-8-6-7-19(15-21)16-23(25(30)31-3)18(2)27-24(29)20-9-11-22(12-10-20)28-13-4-5-14-28;1-16(25)19-8-6-7-18(13-19)14-21(24(30)31-3)17(2)27-23(29)20-9-10-22(26-15-20)28-11-4-5-12-28;1-15(24)18-9-7-8-17(12-18)13-20(23(30)31-3)16(2)26-22(29)21-14-25-28(27-21)19-10-5-4-6-11-19;1-14(24)17-7-4-6-16(10-17)11-19(23(29)30-3)15(2)27-21(28)20-13-26-22(31-20)18-8-5-9-25-12-18/h4-15,18,23H,1,16,26H2,2-3H3,(H,27,29);4-13,15,17,21H,1,14,25H2,2-3H3,(H,27,29);4-12,14,16,20H,1,13,24H2,2-3H3,(H,26,29);4-10,12-13,15,19H,1,11,24H2,2-3H3,(H,27,28). The Morgan fingerprint density at radius 2 is 0.782 bits per heavy atom. The number of carbonyl (C=O) groups excluding carboxylic acids is 8. The van der Waals surface area contributed by atoms with E-state index in [1.54, 1.807) is 64.4 Å². The van der Waals surface area contributed by atoms with Gasteiger partial charge < -0.3 is 72.3 Å². The van der Waals surface area contributed by atoms with Crippen molar-refractivity contribution in [3.63, 3.8) is 0 Å². The van der Waals surface area contributed by atoms with Gasteiger partial charge in [-0.25, -0.2) is 9.97 Å². The molecule has 0 fully saturated rings. The van der Waals surface area contributed by atoms with Crippen LogP contribution >= 0.6 is 11.3 Å². The Hall–Kier alpha value is -15.1. The number of aromatic nitrogens is 8. The van der Waals surface area contributed by atoms with Crippen LogP contribution in [0.1, 0.15) is 113 Å². The molecule has 640 valence electrons. The summed E-state index contributed by atoms with van der Waals surface area (Å²) in [6, 6.07) is 59.5. The first-order chi connectivity index (χ1) is 59.5. The van der Waals surface area contributed by atoms with E-state index in [1.165, 1.54) is 63.2 Å². The molecule has 8 unspecified atom stereocenters. The third kappa shape index (κ3) is 26.4. The maximum Gasteiger partial charge on any atom is 0.311 e. The molecule has 0 aliphatic rings. The average Bonchev–Trinajstić information content (AvgIpc) is 1.49. The van der Waals surface area contributed by atoms with E-state index in [0.717, 1.165) is 61.4 Å². The molecule has 6 aromatic heterocycles. The molecule has 6 heterocycles. The van der Waals surface area contributed by atoms with Crippen molar-refractivity contribution in [1.82, 2.24) is 60.3 Å². The molecule has 124 heavy (non-hydrogen) atoms. The summed E-state index contributed by atoms with van der Waals surface area (Å²) in [6.07, 6.45) is 17.0. The number of para-hydroxylation sites is 1. The van der Waals surface area contributed by atoms with E-state index >= 15 is 0 Å². The Balaban J connectivity index is 0.000000187. The summed E-state index contributed by atoms with van der Waals surface area (Å²) in [6.45, 7) is 22.1. The Bertz CT molecular complexity index is 5320. The Labute approximate surface area is 724 Å². The van der Waals surface area contributed by atoms with E-state index in [0.29, 0.717) is 75.3 Å². The zero-order valence-corrected chi connectivity index (χ0v) is 71.0. The third-order valence-electron chi connectivity index (χ3n) is 20.1. The highest BCUT2D eigenvalue weighted by Gasteiger charge is 2.33. The van der Waals surface area contributed by atoms with Crippen molar-refractivity contribution in [1.29, 1.82) is 0 Å². The van der Waals surface area contributed by atoms with Crippen molar-refractivity contribution in [2.24, 2.45) is 46.6 Å². The van der Waals surface area contributed by atoms with Gasteiger partial charge >= 0.3 is 23.9 Å². The van der Waals surface area contributed by atoms with Gasteiger partial charge in [-0.3, -0.25) is 43.3 Å². The van der Waals surface area contributed by atoms with Crippen LogP contribution in [0.2, 0.25) is 0 Å². The molecule has 0 spiro atoms. The topological polar surface area (TPSA) is 405 Å². The van der Waals surface area contributed by atoms with Crippen molar-refractivity contribution >= 4 is 81.6 Å². The summed E-state index contributed by atoms with van der Waals surface area (Å²) in [4.78, 5) is 115. The number of esters is 4. The van der Waals surface area contributed by atoms with Crippen LogP contribution < -0.4 is 44.2 Å². The molecule has 0 saturated heterocycles. The molecule has 0 radical (unpaired) electrons. The van der Waals surface area contributed by atoms with Crippen molar-refractivity contribution in [2.75, 3.05) is 28.4 Å². The number of amides is 4. The maximum absolute atomic E-state index is 12.8. The minimum Gasteiger partial charge on any atom is -0.469 e. The van der Waals surface area contributed by atoms with Crippen LogP contribution in [0.4, 0.5) is 0 Å². The van der Waals surface area contributed by atoms with Crippen LogP contribution in [0, 0.1) is 23.7 Å². The fraction of sp³-hybridized carbons (Fsp3) is 0.211. The number of carbonyl (C=O) groups is 8. The largest absolute Gasteiger partial charge is 0.469 e. The molecule has 12 N–H and O–H groups in total. The van der Waals surface area contributed by atoms with Gasteiger partial charge in [-0.2, -0.15) is 9.90 Å². The predicted octanol–water partition coefficient (Wildman–Crippen LogP) is 12.1. The van der Waals surface area contributed by atoms with Gasteiger partial charge in [0, 0.05) is 107 Å². The highest BCUT2D eigenvalue weighted by Crippen LogP contribution is 2.28. The third-order valence-corrected chi connectivity index (χ3v) is 21.2. The molecule has 0 saturated carbocycles. The van der Waals surface area contributed by atoms with Gasteiger partial charge in [0.15, 0.2) is 5.69 Å². The van der Waals surface area contributed by atoms with E-state index in [9.17, 15) is 38.4 Å². The van der Waals surface area contributed by atoms with E-state index in [1.807, 2.05) is 210 Å². The van der Waals surface area contributed by atoms with Crippen molar-refractivity contribution in [3.05, 3.63) is 348 Å². The van der Waals surface area contributed by atoms with E-state index in [2.05, 4.69) is 72.7 Å². The molecule has 4 amide bonds. The lowest BCUT2D eigenvalue weighted by molar-refractivity contribution is -0.147. The number of pyridine rings is 2. The van der Waals surface area contributed by atoms with Crippen LogP contribution in [0.25, 0.3) is 50.6 Å². The molecule has 0 bridgehead atoms. The van der Waals surface area contributed by atoms with Gasteiger partial charge in [0.1, 0.15) is 15.7 Å². The predicted molar refractivity (Wildman–Crippen MR) is 479 cm³/mol. The van der Waals surface area contributed by atoms with Crippen LogP contribution in [0.5, 0.6) is 0 Å². The zero-order valence-electron chi connectivity index (χ0n) is 70.2. The quantitative estimate of drug-likeness (QED) is 0.0143. The fourth-order valence-electron chi connectivity index (χ4n) is 13.1. The number of hydrogen-bond acceptors (Lipinski definition) is 22. The van der Waals surface area contributed by atoms with Gasteiger partial charge in [0.05, 0.1) is 75.8 Å². The van der Waals surface area contributed by atoms with Gasteiger partial charge in [0.25, 0.3) is 23.6 Å². The number of benzene rings is 6. The number of hydrogen-bond donors (Lipinski definition) is 8. The maximum atomic E-state index is 12.8. The number of thiazole rings is 1. The lowest BCUT2D eigenvalue weighted by atomic mass is 9.92. The Morgan fingerprint density at radius 1 is 0.387 bits per heavy atom. The molecule has 28 nitrogen and oxygen atoms in total. The molecule has 8 atom stereocenters. The van der Waals surface area contributed by atoms with Crippen molar-refractivity contribution < 1.29 is 57.3 Å². The summed E-state index contributed by atoms with van der Waals surface area (Å²) in [5.74, 6) is -4.44. The second-order valence-corrected chi connectivity index (χ2v) is 30.1. The van der Waals surface area contributed by atoms with Gasteiger partial charge in [-0.15, -0.1) is 16.4 Å². The number of nitrogens with two attached hydrogens (primary N) is 4. The highest BCUT2D eigenvalue weighted by molar-refractivity contribution is 7.16. The van der Waals surface area contributed by atoms with Crippen LogP contribution in [0.15, 0.2) is 282 Å². The molecule has 29 heteroatoms. The summed E-state index contributed by atoms with van der Waals surface area (Å²) in [7, 11) is 5.35.